The molecule has 4 nitrogen and oxygen atoms in total. The van der Waals surface area contributed by atoms with E-state index in [-0.39, 0.29) is 5.56 Å². The van der Waals surface area contributed by atoms with Crippen LogP contribution in [-0.2, 0) is 12.4 Å². The van der Waals surface area contributed by atoms with Crippen molar-refractivity contribution in [3.63, 3.8) is 0 Å². The molecule has 0 saturated carbocycles. The molecule has 0 radical (unpaired) electrons. The SMILES string of the molecule is O=c1[nH]ccnc1NCc1ccc(CCl)cc1. The minimum atomic E-state index is -0.218. The van der Waals surface area contributed by atoms with Crippen LogP contribution >= 0.6 is 11.6 Å². The van der Waals surface area contributed by atoms with E-state index in [9.17, 15) is 4.79 Å². The van der Waals surface area contributed by atoms with E-state index in [1.54, 1.807) is 6.20 Å². The highest BCUT2D eigenvalue weighted by Crippen LogP contribution is 2.07. The number of rotatable bonds is 4. The number of benzene rings is 1. The van der Waals surface area contributed by atoms with Crippen LogP contribution in [0.5, 0.6) is 0 Å². The Bertz CT molecular complexity index is 536. The maximum Gasteiger partial charge on any atom is 0.290 e. The second-order valence-corrected chi connectivity index (χ2v) is 3.84. The number of nitrogens with zero attached hydrogens (tertiary/aromatic N) is 1. The van der Waals surface area contributed by atoms with E-state index >= 15 is 0 Å². The van der Waals surface area contributed by atoms with Gasteiger partial charge in [-0.1, -0.05) is 24.3 Å². The molecular weight excluding hydrogens is 238 g/mol. The van der Waals surface area contributed by atoms with Gasteiger partial charge in [-0.15, -0.1) is 11.6 Å². The molecule has 5 heteroatoms. The molecule has 0 saturated heterocycles. The third-order valence-corrected chi connectivity index (χ3v) is 2.65. The maximum absolute atomic E-state index is 11.3. The van der Waals surface area contributed by atoms with E-state index in [4.69, 9.17) is 11.6 Å². The van der Waals surface area contributed by atoms with Crippen molar-refractivity contribution in [2.75, 3.05) is 5.32 Å². The molecule has 1 aromatic carbocycles. The largest absolute Gasteiger partial charge is 0.361 e. The summed E-state index contributed by atoms with van der Waals surface area (Å²) in [5.41, 5.74) is 1.93. The molecule has 2 aromatic rings. The highest BCUT2D eigenvalue weighted by molar-refractivity contribution is 6.17. The fraction of sp³-hybridized carbons (Fsp3) is 0.167. The Labute approximate surface area is 104 Å². The van der Waals surface area contributed by atoms with Crippen LogP contribution in [0.4, 0.5) is 5.82 Å². The molecule has 0 bridgehead atoms. The van der Waals surface area contributed by atoms with Gasteiger partial charge in [0, 0.05) is 24.8 Å². The predicted molar refractivity (Wildman–Crippen MR) is 68.2 cm³/mol. The Morgan fingerprint density at radius 2 is 1.94 bits per heavy atom. The summed E-state index contributed by atoms with van der Waals surface area (Å²) in [6.07, 6.45) is 3.04. The number of hydrogen-bond acceptors (Lipinski definition) is 3. The Morgan fingerprint density at radius 3 is 2.59 bits per heavy atom. The molecule has 1 heterocycles. The first-order chi connectivity index (χ1) is 8.29. The van der Waals surface area contributed by atoms with E-state index in [2.05, 4.69) is 15.3 Å². The molecule has 88 valence electrons. The number of hydrogen-bond donors (Lipinski definition) is 2. The predicted octanol–water partition coefficient (Wildman–Crippen LogP) is 2.12. The minimum Gasteiger partial charge on any atom is -0.361 e. The highest BCUT2D eigenvalue weighted by Gasteiger charge is 1.99. The lowest BCUT2D eigenvalue weighted by molar-refractivity contribution is 1.06. The zero-order valence-electron chi connectivity index (χ0n) is 9.11. The number of aromatic amines is 1. The average molecular weight is 250 g/mol. The Morgan fingerprint density at radius 1 is 1.24 bits per heavy atom. The van der Waals surface area contributed by atoms with Gasteiger partial charge in [0.2, 0.25) is 0 Å². The lowest BCUT2D eigenvalue weighted by atomic mass is 10.1. The number of anilines is 1. The molecule has 2 N–H and O–H groups in total. The fourth-order valence-corrected chi connectivity index (χ4v) is 1.59. The molecule has 0 spiro atoms. The quantitative estimate of drug-likeness (QED) is 0.816. The van der Waals surface area contributed by atoms with Gasteiger partial charge in [0.1, 0.15) is 0 Å². The van der Waals surface area contributed by atoms with Crippen LogP contribution in [-0.4, -0.2) is 9.97 Å². The van der Waals surface area contributed by atoms with E-state index in [0.29, 0.717) is 18.2 Å². The summed E-state index contributed by atoms with van der Waals surface area (Å²) in [5, 5.41) is 2.98. The van der Waals surface area contributed by atoms with E-state index in [1.807, 2.05) is 24.3 Å². The standard InChI is InChI=1S/C12H12ClN3O/c13-7-9-1-3-10(4-2-9)8-16-11-12(17)15-6-5-14-11/h1-6H,7-8H2,(H,14,16)(H,15,17). The van der Waals surface area contributed by atoms with E-state index < -0.39 is 0 Å². The van der Waals surface area contributed by atoms with Crippen LogP contribution in [0.1, 0.15) is 11.1 Å². The van der Waals surface area contributed by atoms with Gasteiger partial charge in [-0.2, -0.15) is 0 Å². The molecule has 17 heavy (non-hydrogen) atoms. The second kappa shape index (κ2) is 5.50. The zero-order valence-corrected chi connectivity index (χ0v) is 9.87. The molecule has 1 aromatic heterocycles. The maximum atomic E-state index is 11.3. The Hall–Kier alpha value is -1.81. The Kier molecular flexibility index (Phi) is 3.77. The fourth-order valence-electron chi connectivity index (χ4n) is 1.41. The van der Waals surface area contributed by atoms with Crippen LogP contribution in [0.25, 0.3) is 0 Å². The molecule has 0 atom stereocenters. The first-order valence-electron chi connectivity index (χ1n) is 5.21. The summed E-state index contributed by atoms with van der Waals surface area (Å²) in [4.78, 5) is 17.9. The topological polar surface area (TPSA) is 57.8 Å². The lowest BCUT2D eigenvalue weighted by Gasteiger charge is -2.04. The third kappa shape index (κ3) is 3.07. The summed E-state index contributed by atoms with van der Waals surface area (Å²) >= 11 is 5.70. The van der Waals surface area contributed by atoms with Crippen LogP contribution < -0.4 is 10.9 Å². The van der Waals surface area contributed by atoms with Gasteiger partial charge in [0.15, 0.2) is 5.82 Å². The van der Waals surface area contributed by atoms with Crippen molar-refractivity contribution < 1.29 is 0 Å². The zero-order chi connectivity index (χ0) is 12.1. The van der Waals surface area contributed by atoms with Crippen molar-refractivity contribution in [1.29, 1.82) is 0 Å². The van der Waals surface area contributed by atoms with Crippen molar-refractivity contribution in [3.8, 4) is 0 Å². The molecule has 0 fully saturated rings. The molecule has 0 aliphatic heterocycles. The number of H-pyrrole nitrogens is 1. The van der Waals surface area contributed by atoms with Crippen molar-refractivity contribution in [2.45, 2.75) is 12.4 Å². The summed E-state index contributed by atoms with van der Waals surface area (Å²) in [6, 6.07) is 7.88. The lowest BCUT2D eigenvalue weighted by Crippen LogP contribution is -2.14. The molecule has 0 amide bonds. The summed E-state index contributed by atoms with van der Waals surface area (Å²) in [5.74, 6) is 0.835. The van der Waals surface area contributed by atoms with Crippen molar-refractivity contribution in [3.05, 3.63) is 58.1 Å². The molecular formula is C12H12ClN3O. The number of halogens is 1. The monoisotopic (exact) mass is 249 g/mol. The van der Waals surface area contributed by atoms with Crippen LogP contribution in [0.15, 0.2) is 41.5 Å². The molecule has 0 aliphatic rings. The van der Waals surface area contributed by atoms with Crippen LogP contribution in [0.2, 0.25) is 0 Å². The Balaban J connectivity index is 2.02. The highest BCUT2D eigenvalue weighted by atomic mass is 35.5. The van der Waals surface area contributed by atoms with Gasteiger partial charge in [-0.3, -0.25) is 4.79 Å². The van der Waals surface area contributed by atoms with Crippen molar-refractivity contribution in [1.82, 2.24) is 9.97 Å². The van der Waals surface area contributed by atoms with E-state index in [0.717, 1.165) is 11.1 Å². The molecule has 0 unspecified atom stereocenters. The summed E-state index contributed by atoms with van der Waals surface area (Å²) < 4.78 is 0. The van der Waals surface area contributed by atoms with Gasteiger partial charge in [-0.05, 0) is 11.1 Å². The first kappa shape index (κ1) is 11.7. The van der Waals surface area contributed by atoms with Gasteiger partial charge in [-0.25, -0.2) is 4.98 Å². The van der Waals surface area contributed by atoms with Gasteiger partial charge in [0.25, 0.3) is 5.56 Å². The summed E-state index contributed by atoms with van der Waals surface area (Å²) in [6.45, 7) is 0.558. The van der Waals surface area contributed by atoms with Crippen molar-refractivity contribution >= 4 is 17.4 Å². The van der Waals surface area contributed by atoms with Gasteiger partial charge in [0.05, 0.1) is 0 Å². The first-order valence-corrected chi connectivity index (χ1v) is 5.74. The minimum absolute atomic E-state index is 0.218. The molecule has 0 aliphatic carbocycles. The average Bonchev–Trinajstić information content (AvgIpc) is 2.38. The van der Waals surface area contributed by atoms with Gasteiger partial charge < -0.3 is 10.3 Å². The normalized spacial score (nSPS) is 10.2. The van der Waals surface area contributed by atoms with Crippen LogP contribution in [0, 0.1) is 0 Å². The second-order valence-electron chi connectivity index (χ2n) is 3.57. The van der Waals surface area contributed by atoms with Crippen LogP contribution in [0.3, 0.4) is 0 Å². The number of alkyl halides is 1. The number of nitrogens with one attached hydrogen (secondary N) is 2. The summed E-state index contributed by atoms with van der Waals surface area (Å²) in [7, 11) is 0. The molecule has 2 rings (SSSR count). The number of aromatic nitrogens is 2. The van der Waals surface area contributed by atoms with Gasteiger partial charge >= 0.3 is 0 Å². The van der Waals surface area contributed by atoms with Crippen molar-refractivity contribution in [2.24, 2.45) is 0 Å². The third-order valence-electron chi connectivity index (χ3n) is 2.34. The van der Waals surface area contributed by atoms with E-state index in [1.165, 1.54) is 6.20 Å². The smallest absolute Gasteiger partial charge is 0.290 e.